The van der Waals surface area contributed by atoms with Gasteiger partial charge in [-0.2, -0.15) is 0 Å². The lowest BCUT2D eigenvalue weighted by atomic mass is 10.3. The molecule has 0 saturated heterocycles. The summed E-state index contributed by atoms with van der Waals surface area (Å²) >= 11 is 10.7. The highest BCUT2D eigenvalue weighted by Gasteiger charge is 2.09. The second-order valence-electron chi connectivity index (χ2n) is 8.27. The molecule has 6 heterocycles. The van der Waals surface area contributed by atoms with Crippen LogP contribution in [0.15, 0.2) is 81.7 Å². The molecule has 0 bridgehead atoms. The van der Waals surface area contributed by atoms with E-state index in [1.807, 2.05) is 25.7 Å². The number of nitrogens with one attached hydrogen (secondary N) is 2. The Morgan fingerprint density at radius 2 is 1.26 bits per heavy atom. The molecule has 43 heavy (non-hydrogen) atoms. The predicted molar refractivity (Wildman–Crippen MR) is 181 cm³/mol. The Labute approximate surface area is 273 Å². The van der Waals surface area contributed by atoms with Crippen LogP contribution in [0.3, 0.4) is 0 Å². The van der Waals surface area contributed by atoms with Gasteiger partial charge in [0, 0.05) is 47.4 Å². The highest BCUT2D eigenvalue weighted by molar-refractivity contribution is 9.10. The van der Waals surface area contributed by atoms with Crippen molar-refractivity contribution in [1.82, 2.24) is 44.4 Å². The van der Waals surface area contributed by atoms with E-state index < -0.39 is 0 Å². The Balaban J connectivity index is 0.000000148. The number of rotatable bonds is 4. The number of aryl methyl sites for hydroxylation is 1. The van der Waals surface area contributed by atoms with Crippen molar-refractivity contribution >= 4 is 100 Å². The van der Waals surface area contributed by atoms with E-state index in [1.54, 1.807) is 41.4 Å². The minimum atomic E-state index is -0.178. The summed E-state index contributed by atoms with van der Waals surface area (Å²) in [5.41, 5.74) is 1.47. The number of halogens is 2. The molecular weight excluding hydrogens is 742 g/mol. The zero-order valence-electron chi connectivity index (χ0n) is 23.1. The summed E-state index contributed by atoms with van der Waals surface area (Å²) in [6.07, 6.45) is 10.8. The Bertz CT molecular complexity index is 2110. The summed E-state index contributed by atoms with van der Waals surface area (Å²) in [6, 6.07) is 6.63. The molecule has 6 aromatic heterocycles. The standard InChI is InChI=1S/C10H10BrN3OS.C8H6BrN3OS.C8H7N3OS/c1-3-14-8-6(4-7(11)9(14)15)5-12-10(13-8)16-2;1-14-8-10-3-4-2-5(9)7(13)11-6(4)12-8;1-13-8-9-4-5-2-3-6(12)10-7(5)11-8/h4-5H,3H2,1-2H3;2-3H,1H3,(H,10,11,12,13);2-4H,1H3,(H,9,10,11,12). The second-order valence-corrected chi connectivity index (χ2v) is 12.3. The monoisotopic (exact) mass is 763 g/mol. The number of aromatic amines is 2. The third-order valence-corrected chi connectivity index (χ3v) is 8.44. The Hall–Kier alpha value is -3.12. The summed E-state index contributed by atoms with van der Waals surface area (Å²) in [6.45, 7) is 2.52. The van der Waals surface area contributed by atoms with E-state index in [-0.39, 0.29) is 16.7 Å². The van der Waals surface area contributed by atoms with Gasteiger partial charge in [-0.3, -0.25) is 19.0 Å². The maximum absolute atomic E-state index is 11.9. The van der Waals surface area contributed by atoms with Gasteiger partial charge in [0.2, 0.25) is 5.56 Å². The maximum Gasteiger partial charge on any atom is 0.266 e. The fraction of sp³-hybridized carbons (Fsp3) is 0.192. The van der Waals surface area contributed by atoms with E-state index in [4.69, 9.17) is 0 Å². The first kappa shape index (κ1) is 32.8. The lowest BCUT2D eigenvalue weighted by Crippen LogP contribution is -2.21. The number of nitrogens with zero attached hydrogens (tertiary/aromatic N) is 7. The lowest BCUT2D eigenvalue weighted by molar-refractivity contribution is 0.737. The van der Waals surface area contributed by atoms with Crippen molar-refractivity contribution in [2.24, 2.45) is 0 Å². The van der Waals surface area contributed by atoms with Gasteiger partial charge in [0.15, 0.2) is 15.5 Å². The number of pyridine rings is 3. The number of hydrogen-bond acceptors (Lipinski definition) is 12. The zero-order chi connectivity index (χ0) is 31.1. The first-order valence-corrected chi connectivity index (χ1v) is 17.5. The van der Waals surface area contributed by atoms with Crippen LogP contribution in [0.1, 0.15) is 6.92 Å². The van der Waals surface area contributed by atoms with Crippen LogP contribution in [-0.4, -0.2) is 63.2 Å². The molecular formula is C26H23Br2N9O3S3. The van der Waals surface area contributed by atoms with Crippen molar-refractivity contribution in [2.75, 3.05) is 18.8 Å². The van der Waals surface area contributed by atoms with Crippen molar-refractivity contribution in [3.63, 3.8) is 0 Å². The van der Waals surface area contributed by atoms with Crippen molar-refractivity contribution < 1.29 is 0 Å². The van der Waals surface area contributed by atoms with Gasteiger partial charge in [0.25, 0.3) is 11.1 Å². The van der Waals surface area contributed by atoms with Gasteiger partial charge in [-0.1, -0.05) is 35.3 Å². The first-order chi connectivity index (χ1) is 20.7. The Morgan fingerprint density at radius 3 is 1.86 bits per heavy atom. The van der Waals surface area contributed by atoms with Gasteiger partial charge in [-0.05, 0) is 75.8 Å². The molecule has 0 atom stereocenters. The smallest absolute Gasteiger partial charge is 0.266 e. The average Bonchev–Trinajstić information content (AvgIpc) is 3.02. The van der Waals surface area contributed by atoms with Crippen LogP contribution in [0, 0.1) is 0 Å². The van der Waals surface area contributed by atoms with E-state index >= 15 is 0 Å². The zero-order valence-corrected chi connectivity index (χ0v) is 28.7. The molecule has 6 aromatic rings. The van der Waals surface area contributed by atoms with Crippen molar-refractivity contribution in [2.45, 2.75) is 28.9 Å². The Morgan fingerprint density at radius 1 is 0.721 bits per heavy atom. The maximum atomic E-state index is 11.9. The number of thioether (sulfide) groups is 3. The molecule has 0 amide bonds. The fourth-order valence-corrected chi connectivity index (χ4v) is 5.39. The summed E-state index contributed by atoms with van der Waals surface area (Å²) in [5.74, 6) is 0. The molecule has 0 aliphatic heterocycles. The van der Waals surface area contributed by atoms with E-state index in [1.165, 1.54) is 41.4 Å². The highest BCUT2D eigenvalue weighted by Crippen LogP contribution is 2.18. The predicted octanol–water partition coefficient (Wildman–Crippen LogP) is 5.14. The third kappa shape index (κ3) is 8.08. The molecule has 0 saturated carbocycles. The minimum absolute atomic E-state index is 0.0549. The third-order valence-electron chi connectivity index (χ3n) is 5.60. The molecule has 0 aliphatic rings. The molecule has 0 unspecified atom stereocenters. The molecule has 2 N–H and O–H groups in total. The molecule has 6 rings (SSSR count). The van der Waals surface area contributed by atoms with Crippen LogP contribution in [0.2, 0.25) is 0 Å². The van der Waals surface area contributed by atoms with Crippen LogP contribution < -0.4 is 16.7 Å². The number of hydrogen-bond donors (Lipinski definition) is 2. The number of H-pyrrole nitrogens is 2. The summed E-state index contributed by atoms with van der Waals surface area (Å²) in [7, 11) is 0. The summed E-state index contributed by atoms with van der Waals surface area (Å²) in [4.78, 5) is 64.5. The SMILES string of the molecule is CCn1c(=O)c(Br)cc2cnc(SC)nc21.CSc1ncc2cc(Br)c(=O)[nH]c2n1.CSc1ncc2ccc(=O)[nH]c2n1. The van der Waals surface area contributed by atoms with Crippen molar-refractivity contribution in [3.05, 3.63) is 82.9 Å². The van der Waals surface area contributed by atoms with Crippen molar-refractivity contribution in [1.29, 1.82) is 0 Å². The molecule has 0 radical (unpaired) electrons. The topological polar surface area (TPSA) is 165 Å². The van der Waals surface area contributed by atoms with Gasteiger partial charge in [0.05, 0.1) is 8.95 Å². The quantitative estimate of drug-likeness (QED) is 0.180. The van der Waals surface area contributed by atoms with E-state index in [2.05, 4.69) is 71.7 Å². The van der Waals surface area contributed by atoms with Gasteiger partial charge in [-0.15, -0.1) is 0 Å². The number of fused-ring (bicyclic) bond motifs is 3. The van der Waals surface area contributed by atoms with Crippen LogP contribution >= 0.6 is 67.1 Å². The van der Waals surface area contributed by atoms with Crippen LogP contribution in [0.5, 0.6) is 0 Å². The molecule has 0 aliphatic carbocycles. The molecule has 0 fully saturated rings. The van der Waals surface area contributed by atoms with Crippen molar-refractivity contribution in [3.8, 4) is 0 Å². The van der Waals surface area contributed by atoms with E-state index in [0.29, 0.717) is 47.9 Å². The van der Waals surface area contributed by atoms with Crippen LogP contribution in [0.4, 0.5) is 0 Å². The van der Waals surface area contributed by atoms with Gasteiger partial charge in [-0.25, -0.2) is 29.9 Å². The normalized spacial score (nSPS) is 10.7. The highest BCUT2D eigenvalue weighted by atomic mass is 79.9. The summed E-state index contributed by atoms with van der Waals surface area (Å²) in [5, 5.41) is 4.51. The van der Waals surface area contributed by atoms with Gasteiger partial charge in [0.1, 0.15) is 16.9 Å². The van der Waals surface area contributed by atoms with Crippen LogP contribution in [0.25, 0.3) is 33.1 Å². The summed E-state index contributed by atoms with van der Waals surface area (Å²) < 4.78 is 2.67. The minimum Gasteiger partial charge on any atom is -0.306 e. The largest absolute Gasteiger partial charge is 0.306 e. The van der Waals surface area contributed by atoms with E-state index in [0.717, 1.165) is 16.2 Å². The molecule has 17 heteroatoms. The molecule has 0 aromatic carbocycles. The number of aromatic nitrogens is 9. The van der Waals surface area contributed by atoms with Gasteiger partial charge < -0.3 is 9.97 Å². The van der Waals surface area contributed by atoms with Gasteiger partial charge >= 0.3 is 0 Å². The fourth-order valence-electron chi connectivity index (χ4n) is 3.57. The second kappa shape index (κ2) is 15.1. The molecule has 0 spiro atoms. The Kier molecular flexibility index (Phi) is 11.5. The molecule has 222 valence electrons. The van der Waals surface area contributed by atoms with Crippen LogP contribution in [-0.2, 0) is 6.54 Å². The first-order valence-electron chi connectivity index (χ1n) is 12.3. The average molecular weight is 766 g/mol. The van der Waals surface area contributed by atoms with E-state index in [9.17, 15) is 14.4 Å². The lowest BCUT2D eigenvalue weighted by Gasteiger charge is -2.07. The molecule has 12 nitrogen and oxygen atoms in total.